The smallest absolute Gasteiger partial charge is 0.261 e. The summed E-state index contributed by atoms with van der Waals surface area (Å²) in [6.45, 7) is 10.4. The first-order chi connectivity index (χ1) is 14.5. The molecule has 7 heteroatoms. The molecule has 0 bridgehead atoms. The summed E-state index contributed by atoms with van der Waals surface area (Å²) in [6, 6.07) is 12.1. The SMILES string of the molecule is CCNC(=O)[C@H](C)N(Cc1ccc(Cl)cc1Cl)C(=O)COc1ccc(C(C)(C)C)cc1. The summed E-state index contributed by atoms with van der Waals surface area (Å²) in [5, 5.41) is 3.70. The van der Waals surface area contributed by atoms with Gasteiger partial charge in [-0.25, -0.2) is 0 Å². The third-order valence-electron chi connectivity index (χ3n) is 4.96. The molecule has 0 spiro atoms. The maximum atomic E-state index is 13.0. The molecule has 168 valence electrons. The average Bonchev–Trinajstić information content (AvgIpc) is 2.71. The number of hydrogen-bond acceptors (Lipinski definition) is 3. The third-order valence-corrected chi connectivity index (χ3v) is 5.54. The molecule has 0 saturated heterocycles. The fourth-order valence-electron chi connectivity index (χ4n) is 3.02. The van der Waals surface area contributed by atoms with Crippen LogP contribution in [-0.4, -0.2) is 35.9 Å². The number of rotatable bonds is 8. The monoisotopic (exact) mass is 464 g/mol. The van der Waals surface area contributed by atoms with Crippen LogP contribution < -0.4 is 10.1 Å². The molecule has 2 aromatic carbocycles. The van der Waals surface area contributed by atoms with Gasteiger partial charge in [0.1, 0.15) is 11.8 Å². The summed E-state index contributed by atoms with van der Waals surface area (Å²) in [6.07, 6.45) is 0. The zero-order chi connectivity index (χ0) is 23.2. The molecule has 2 aromatic rings. The minimum Gasteiger partial charge on any atom is -0.484 e. The van der Waals surface area contributed by atoms with Crippen LogP contribution in [0.25, 0.3) is 0 Å². The molecule has 0 unspecified atom stereocenters. The van der Waals surface area contributed by atoms with Gasteiger partial charge in [0.05, 0.1) is 0 Å². The molecule has 31 heavy (non-hydrogen) atoms. The molecule has 0 radical (unpaired) electrons. The number of likely N-dealkylation sites (N-methyl/N-ethyl adjacent to an activating group) is 1. The minimum absolute atomic E-state index is 0.0328. The van der Waals surface area contributed by atoms with E-state index in [4.69, 9.17) is 27.9 Å². The summed E-state index contributed by atoms with van der Waals surface area (Å²) < 4.78 is 5.72. The van der Waals surface area contributed by atoms with E-state index in [1.165, 1.54) is 10.5 Å². The van der Waals surface area contributed by atoms with Gasteiger partial charge in [-0.1, -0.05) is 62.2 Å². The lowest BCUT2D eigenvalue weighted by Crippen LogP contribution is -2.49. The van der Waals surface area contributed by atoms with Crippen LogP contribution in [0, 0.1) is 0 Å². The van der Waals surface area contributed by atoms with Crippen LogP contribution in [0.5, 0.6) is 5.75 Å². The number of carbonyl (C=O) groups excluding carboxylic acids is 2. The second-order valence-corrected chi connectivity index (χ2v) is 9.23. The Hall–Kier alpha value is -2.24. The van der Waals surface area contributed by atoms with Gasteiger partial charge >= 0.3 is 0 Å². The number of amides is 2. The van der Waals surface area contributed by atoms with Crippen molar-refractivity contribution in [2.75, 3.05) is 13.2 Å². The maximum absolute atomic E-state index is 13.0. The highest BCUT2D eigenvalue weighted by atomic mass is 35.5. The van der Waals surface area contributed by atoms with Gasteiger partial charge in [0.2, 0.25) is 5.91 Å². The standard InChI is InChI=1S/C24H30Cl2N2O3/c1-6-27-23(30)16(2)28(14-17-7-10-19(25)13-21(17)26)22(29)15-31-20-11-8-18(9-12-20)24(3,4)5/h7-13,16H,6,14-15H2,1-5H3,(H,27,30)/t16-/m0/s1. The van der Waals surface area contributed by atoms with Gasteiger partial charge in [0.25, 0.3) is 5.91 Å². The lowest BCUT2D eigenvalue weighted by molar-refractivity contribution is -0.142. The summed E-state index contributed by atoms with van der Waals surface area (Å²) in [7, 11) is 0. The van der Waals surface area contributed by atoms with Crippen molar-refractivity contribution in [2.24, 2.45) is 0 Å². The highest BCUT2D eigenvalue weighted by molar-refractivity contribution is 6.35. The Bertz CT molecular complexity index is 908. The fraction of sp³-hybridized carbons (Fsp3) is 0.417. The summed E-state index contributed by atoms with van der Waals surface area (Å²) >= 11 is 12.3. The highest BCUT2D eigenvalue weighted by Gasteiger charge is 2.27. The van der Waals surface area contributed by atoms with Crippen molar-refractivity contribution in [3.05, 3.63) is 63.6 Å². The number of ether oxygens (including phenoxy) is 1. The molecular weight excluding hydrogens is 435 g/mol. The third kappa shape index (κ3) is 7.15. The van der Waals surface area contributed by atoms with Gasteiger partial charge < -0.3 is 15.0 Å². The zero-order valence-corrected chi connectivity index (χ0v) is 20.2. The van der Waals surface area contributed by atoms with Crippen molar-refractivity contribution < 1.29 is 14.3 Å². The Balaban J connectivity index is 2.16. The van der Waals surface area contributed by atoms with E-state index in [1.54, 1.807) is 25.1 Å². The van der Waals surface area contributed by atoms with Gasteiger partial charge in [0, 0.05) is 23.1 Å². The molecule has 2 amide bonds. The Morgan fingerprint density at radius 3 is 2.29 bits per heavy atom. The van der Waals surface area contributed by atoms with E-state index in [1.807, 2.05) is 31.2 Å². The van der Waals surface area contributed by atoms with Crippen molar-refractivity contribution in [2.45, 2.75) is 52.6 Å². The van der Waals surface area contributed by atoms with Crippen LogP contribution in [0.2, 0.25) is 10.0 Å². The van der Waals surface area contributed by atoms with Crippen LogP contribution in [0.4, 0.5) is 0 Å². The van der Waals surface area contributed by atoms with Crippen LogP contribution in [-0.2, 0) is 21.5 Å². The van der Waals surface area contributed by atoms with E-state index in [0.29, 0.717) is 27.9 Å². The van der Waals surface area contributed by atoms with Crippen molar-refractivity contribution in [3.63, 3.8) is 0 Å². The molecule has 5 nitrogen and oxygen atoms in total. The van der Waals surface area contributed by atoms with Gasteiger partial charge in [0.15, 0.2) is 6.61 Å². The molecule has 1 atom stereocenters. The van der Waals surface area contributed by atoms with Crippen LogP contribution in [0.3, 0.4) is 0 Å². The number of carbonyl (C=O) groups is 2. The molecule has 0 heterocycles. The quantitative estimate of drug-likeness (QED) is 0.582. The highest BCUT2D eigenvalue weighted by Crippen LogP contribution is 2.25. The van der Waals surface area contributed by atoms with Crippen molar-refractivity contribution in [1.29, 1.82) is 0 Å². The molecule has 2 rings (SSSR count). The summed E-state index contributed by atoms with van der Waals surface area (Å²) in [4.78, 5) is 26.9. The first-order valence-corrected chi connectivity index (χ1v) is 11.0. The van der Waals surface area contributed by atoms with E-state index in [9.17, 15) is 9.59 Å². The molecule has 0 aliphatic heterocycles. The zero-order valence-electron chi connectivity index (χ0n) is 18.7. The Morgan fingerprint density at radius 1 is 1.10 bits per heavy atom. The largest absolute Gasteiger partial charge is 0.484 e. The number of hydrogen-bond donors (Lipinski definition) is 1. The van der Waals surface area contributed by atoms with E-state index in [2.05, 4.69) is 26.1 Å². The van der Waals surface area contributed by atoms with Crippen LogP contribution in [0.1, 0.15) is 45.7 Å². The fourth-order valence-corrected chi connectivity index (χ4v) is 3.49. The second-order valence-electron chi connectivity index (χ2n) is 8.39. The molecule has 0 fully saturated rings. The van der Waals surface area contributed by atoms with Gasteiger partial charge in [-0.05, 0) is 54.7 Å². The molecule has 0 aliphatic rings. The normalized spacial score (nSPS) is 12.2. The molecule has 0 saturated carbocycles. The topological polar surface area (TPSA) is 58.6 Å². The van der Waals surface area contributed by atoms with Crippen molar-refractivity contribution in [3.8, 4) is 5.75 Å². The van der Waals surface area contributed by atoms with E-state index in [-0.39, 0.29) is 30.4 Å². The Labute approximate surface area is 194 Å². The number of nitrogens with zero attached hydrogens (tertiary/aromatic N) is 1. The summed E-state index contributed by atoms with van der Waals surface area (Å²) in [5.74, 6) is 0.0385. The number of halogens is 2. The van der Waals surface area contributed by atoms with Crippen LogP contribution >= 0.6 is 23.2 Å². The Morgan fingerprint density at radius 2 is 1.74 bits per heavy atom. The van der Waals surface area contributed by atoms with Crippen LogP contribution in [0.15, 0.2) is 42.5 Å². The molecule has 1 N–H and O–H groups in total. The number of nitrogens with one attached hydrogen (secondary N) is 1. The van der Waals surface area contributed by atoms with Gasteiger partial charge in [-0.15, -0.1) is 0 Å². The van der Waals surface area contributed by atoms with E-state index in [0.717, 1.165) is 0 Å². The lowest BCUT2D eigenvalue weighted by Gasteiger charge is -2.29. The predicted octanol–water partition coefficient (Wildman–Crippen LogP) is 5.22. The second kappa shape index (κ2) is 10.9. The molecule has 0 aromatic heterocycles. The summed E-state index contributed by atoms with van der Waals surface area (Å²) in [5.41, 5.74) is 1.91. The first-order valence-electron chi connectivity index (χ1n) is 10.3. The molecular formula is C24H30Cl2N2O3. The maximum Gasteiger partial charge on any atom is 0.261 e. The first kappa shape index (κ1) is 25.0. The lowest BCUT2D eigenvalue weighted by atomic mass is 9.87. The predicted molar refractivity (Wildman–Crippen MR) is 126 cm³/mol. The van der Waals surface area contributed by atoms with E-state index < -0.39 is 6.04 Å². The minimum atomic E-state index is -0.689. The van der Waals surface area contributed by atoms with Gasteiger partial charge in [-0.2, -0.15) is 0 Å². The van der Waals surface area contributed by atoms with Gasteiger partial charge in [-0.3, -0.25) is 9.59 Å². The van der Waals surface area contributed by atoms with Crippen molar-refractivity contribution >= 4 is 35.0 Å². The van der Waals surface area contributed by atoms with Crippen molar-refractivity contribution in [1.82, 2.24) is 10.2 Å². The molecule has 0 aliphatic carbocycles. The average molecular weight is 465 g/mol. The van der Waals surface area contributed by atoms with E-state index >= 15 is 0 Å². The number of benzene rings is 2. The Kier molecular flexibility index (Phi) is 8.78.